The first-order valence-corrected chi connectivity index (χ1v) is 11.6. The zero-order valence-corrected chi connectivity index (χ0v) is 19.6. The Morgan fingerprint density at radius 1 is 1.06 bits per heavy atom. The van der Waals surface area contributed by atoms with Crippen molar-refractivity contribution in [1.29, 1.82) is 0 Å². The van der Waals surface area contributed by atoms with Crippen molar-refractivity contribution in [3.63, 3.8) is 0 Å². The summed E-state index contributed by atoms with van der Waals surface area (Å²) in [6.07, 6.45) is 1.48. The molecule has 0 spiro atoms. The van der Waals surface area contributed by atoms with Crippen molar-refractivity contribution in [2.45, 2.75) is 36.7 Å². The molecule has 2 amide bonds. The lowest BCUT2D eigenvalue weighted by molar-refractivity contribution is -0.126. The number of nitrogens with zero attached hydrogens (tertiary/aromatic N) is 4. The number of amides is 2. The molecular formula is C24H22N6O3S. The molecule has 0 unspecified atom stereocenters. The fourth-order valence-corrected chi connectivity index (χ4v) is 4.79. The van der Waals surface area contributed by atoms with Crippen LogP contribution in [0.15, 0.2) is 70.7 Å². The monoisotopic (exact) mass is 474 g/mol. The lowest BCUT2D eigenvalue weighted by Crippen LogP contribution is -2.60. The number of para-hydroxylation sites is 3. The summed E-state index contributed by atoms with van der Waals surface area (Å²) in [5.74, 6) is -0.534. The molecule has 4 aromatic rings. The Labute approximate surface area is 199 Å². The Morgan fingerprint density at radius 3 is 2.53 bits per heavy atom. The molecule has 9 nitrogen and oxygen atoms in total. The van der Waals surface area contributed by atoms with Gasteiger partial charge in [0.15, 0.2) is 10.8 Å². The Kier molecular flexibility index (Phi) is 5.24. The van der Waals surface area contributed by atoms with Crippen LogP contribution in [0.4, 0.5) is 11.4 Å². The molecule has 0 aliphatic carbocycles. The molecule has 2 aromatic carbocycles. The third kappa shape index (κ3) is 3.56. The van der Waals surface area contributed by atoms with Gasteiger partial charge in [-0.2, -0.15) is 5.10 Å². The highest BCUT2D eigenvalue weighted by molar-refractivity contribution is 8.00. The molecule has 1 aliphatic heterocycles. The maximum atomic E-state index is 13.6. The summed E-state index contributed by atoms with van der Waals surface area (Å²) in [7, 11) is 0. The van der Waals surface area contributed by atoms with Crippen LogP contribution in [0.3, 0.4) is 0 Å². The first kappa shape index (κ1) is 21.9. The average Bonchev–Trinajstić information content (AvgIpc) is 3.24. The molecule has 1 aliphatic rings. The summed E-state index contributed by atoms with van der Waals surface area (Å²) in [5.41, 5.74) is 0.961. The number of H-pyrrole nitrogens is 1. The predicted molar refractivity (Wildman–Crippen MR) is 131 cm³/mol. The molecule has 10 heteroatoms. The maximum Gasteiger partial charge on any atom is 0.262 e. The molecule has 0 saturated carbocycles. The Morgan fingerprint density at radius 2 is 1.76 bits per heavy atom. The third-order valence-corrected chi connectivity index (χ3v) is 6.75. The Hall–Kier alpha value is -3.92. The van der Waals surface area contributed by atoms with Crippen LogP contribution >= 0.6 is 11.8 Å². The van der Waals surface area contributed by atoms with Crippen molar-refractivity contribution < 1.29 is 9.59 Å². The molecule has 0 bridgehead atoms. The van der Waals surface area contributed by atoms with Crippen LogP contribution in [0.1, 0.15) is 20.8 Å². The van der Waals surface area contributed by atoms with Gasteiger partial charge in [-0.1, -0.05) is 42.1 Å². The molecule has 172 valence electrons. The van der Waals surface area contributed by atoms with E-state index in [-0.39, 0.29) is 17.4 Å². The quantitative estimate of drug-likeness (QED) is 0.346. The molecule has 2 N–H and O–H groups in total. The van der Waals surface area contributed by atoms with Gasteiger partial charge in [-0.25, -0.2) is 9.67 Å². The van der Waals surface area contributed by atoms with Crippen LogP contribution in [0.25, 0.3) is 16.7 Å². The first-order chi connectivity index (χ1) is 16.3. The van der Waals surface area contributed by atoms with Crippen molar-refractivity contribution in [2.24, 2.45) is 0 Å². The summed E-state index contributed by atoms with van der Waals surface area (Å²) in [4.78, 5) is 47.9. The minimum absolute atomic E-state index is 0.267. The topological polar surface area (TPSA) is 113 Å². The van der Waals surface area contributed by atoms with Gasteiger partial charge in [0, 0.05) is 0 Å². The number of aromatic amines is 1. The van der Waals surface area contributed by atoms with E-state index in [2.05, 4.69) is 20.4 Å². The van der Waals surface area contributed by atoms with Crippen LogP contribution < -0.4 is 15.8 Å². The fourth-order valence-electron chi connectivity index (χ4n) is 3.96. The van der Waals surface area contributed by atoms with E-state index in [1.165, 1.54) is 11.1 Å². The highest BCUT2D eigenvalue weighted by Crippen LogP contribution is 2.38. The standard InChI is InChI=1S/C24H22N6O3S/c1-14(21(32)29-18-12-8-7-11-17(18)26-22(33)24(29,2)3)34-23-27-19-16(20(31)28-23)13-25-30(19)15-9-5-4-6-10-15/h4-14H,1-3H3,(H,26,33)(H,27,28,31)/t14-/m0/s1. The maximum absolute atomic E-state index is 13.6. The second-order valence-corrected chi connectivity index (χ2v) is 9.79. The molecular weight excluding hydrogens is 452 g/mol. The molecule has 0 saturated heterocycles. The van der Waals surface area contributed by atoms with Crippen LogP contribution in [-0.2, 0) is 9.59 Å². The van der Waals surface area contributed by atoms with Gasteiger partial charge in [0.05, 0.1) is 28.5 Å². The van der Waals surface area contributed by atoms with E-state index in [4.69, 9.17) is 0 Å². The average molecular weight is 475 g/mol. The minimum Gasteiger partial charge on any atom is -0.322 e. The number of carbonyl (C=O) groups excluding carboxylic acids is 2. The Bertz CT molecular complexity index is 1480. The number of carbonyl (C=O) groups is 2. The number of benzene rings is 2. The van der Waals surface area contributed by atoms with Gasteiger partial charge in [0.2, 0.25) is 11.8 Å². The van der Waals surface area contributed by atoms with Gasteiger partial charge in [0.25, 0.3) is 5.56 Å². The van der Waals surface area contributed by atoms with E-state index in [0.29, 0.717) is 27.6 Å². The number of hydrogen-bond donors (Lipinski definition) is 2. The van der Waals surface area contributed by atoms with Crippen molar-refractivity contribution in [1.82, 2.24) is 19.7 Å². The van der Waals surface area contributed by atoms with Crippen LogP contribution in [0.5, 0.6) is 0 Å². The molecule has 34 heavy (non-hydrogen) atoms. The number of rotatable bonds is 4. The van der Waals surface area contributed by atoms with Crippen LogP contribution in [0, 0.1) is 0 Å². The summed E-state index contributed by atoms with van der Waals surface area (Å²) in [6.45, 7) is 5.15. The van der Waals surface area contributed by atoms with Gasteiger partial charge >= 0.3 is 0 Å². The summed E-state index contributed by atoms with van der Waals surface area (Å²) in [5, 5.41) is 7.19. The first-order valence-electron chi connectivity index (χ1n) is 10.7. The van der Waals surface area contributed by atoms with E-state index in [1.54, 1.807) is 43.7 Å². The number of thioether (sulfide) groups is 1. The normalized spacial score (nSPS) is 15.6. The molecule has 2 aromatic heterocycles. The Balaban J connectivity index is 1.49. The smallest absolute Gasteiger partial charge is 0.262 e. The zero-order valence-electron chi connectivity index (χ0n) is 18.8. The van der Waals surface area contributed by atoms with Crippen LogP contribution in [-0.4, -0.2) is 42.4 Å². The molecule has 3 heterocycles. The predicted octanol–water partition coefficient (Wildman–Crippen LogP) is 3.35. The molecule has 1 atom stereocenters. The van der Waals surface area contributed by atoms with Gasteiger partial charge in [-0.05, 0) is 45.0 Å². The van der Waals surface area contributed by atoms with E-state index in [0.717, 1.165) is 17.4 Å². The summed E-state index contributed by atoms with van der Waals surface area (Å²) >= 11 is 1.13. The highest BCUT2D eigenvalue weighted by Gasteiger charge is 2.44. The van der Waals surface area contributed by atoms with Crippen molar-refractivity contribution >= 4 is 46.0 Å². The van der Waals surface area contributed by atoms with Gasteiger partial charge < -0.3 is 10.3 Å². The fraction of sp³-hybridized carbons (Fsp3) is 0.208. The SMILES string of the molecule is C[C@H](Sc1nc2c(cnn2-c2ccccc2)c(=O)[nH]1)C(=O)N1c2ccccc2NC(=O)C1(C)C. The zero-order chi connectivity index (χ0) is 24.0. The van der Waals surface area contributed by atoms with Crippen molar-refractivity contribution in [3.05, 3.63) is 71.1 Å². The molecule has 5 rings (SSSR count). The number of aromatic nitrogens is 4. The van der Waals surface area contributed by atoms with E-state index >= 15 is 0 Å². The molecule has 0 fully saturated rings. The highest BCUT2D eigenvalue weighted by atomic mass is 32.2. The third-order valence-electron chi connectivity index (χ3n) is 5.78. The lowest BCUT2D eigenvalue weighted by atomic mass is 9.96. The summed E-state index contributed by atoms with van der Waals surface area (Å²) < 4.78 is 1.59. The summed E-state index contributed by atoms with van der Waals surface area (Å²) in [6, 6.07) is 16.6. The lowest BCUT2D eigenvalue weighted by Gasteiger charge is -2.43. The minimum atomic E-state index is -1.09. The second-order valence-electron chi connectivity index (χ2n) is 8.46. The van der Waals surface area contributed by atoms with E-state index in [9.17, 15) is 14.4 Å². The number of nitrogens with one attached hydrogen (secondary N) is 2. The van der Waals surface area contributed by atoms with E-state index in [1.807, 2.05) is 36.4 Å². The second kappa shape index (κ2) is 8.14. The molecule has 0 radical (unpaired) electrons. The number of fused-ring (bicyclic) bond motifs is 2. The number of hydrogen-bond acceptors (Lipinski definition) is 6. The van der Waals surface area contributed by atoms with Gasteiger partial charge in [-0.3, -0.25) is 19.3 Å². The van der Waals surface area contributed by atoms with Gasteiger partial charge in [-0.15, -0.1) is 0 Å². The van der Waals surface area contributed by atoms with Gasteiger partial charge in [0.1, 0.15) is 10.9 Å². The van der Waals surface area contributed by atoms with Crippen molar-refractivity contribution in [3.8, 4) is 5.69 Å². The van der Waals surface area contributed by atoms with Crippen molar-refractivity contribution in [2.75, 3.05) is 10.2 Å². The number of anilines is 2. The largest absolute Gasteiger partial charge is 0.322 e. The van der Waals surface area contributed by atoms with E-state index < -0.39 is 10.8 Å². The van der Waals surface area contributed by atoms with Crippen LogP contribution in [0.2, 0.25) is 0 Å².